The Labute approximate surface area is 169 Å². The summed E-state index contributed by atoms with van der Waals surface area (Å²) in [6.45, 7) is 6.44. The molecule has 156 valence electrons. The zero-order valence-electron chi connectivity index (χ0n) is 17.1. The molecule has 1 aromatic carbocycles. The quantitative estimate of drug-likeness (QED) is 0.785. The number of sulfonamides is 1. The first-order valence-corrected chi connectivity index (χ1v) is 12.0. The van der Waals surface area contributed by atoms with Crippen molar-refractivity contribution in [3.8, 4) is 0 Å². The van der Waals surface area contributed by atoms with E-state index in [4.69, 9.17) is 0 Å². The summed E-state index contributed by atoms with van der Waals surface area (Å²) in [5, 5.41) is 2.91. The van der Waals surface area contributed by atoms with Crippen LogP contribution in [-0.2, 0) is 14.8 Å². The van der Waals surface area contributed by atoms with E-state index in [1.165, 1.54) is 6.42 Å². The Morgan fingerprint density at radius 1 is 1.11 bits per heavy atom. The fraction of sp³-hybridized carbons (Fsp3) is 0.667. The fourth-order valence-electron chi connectivity index (χ4n) is 4.32. The molecule has 0 aliphatic carbocycles. The van der Waals surface area contributed by atoms with Crippen molar-refractivity contribution in [2.24, 2.45) is 0 Å². The summed E-state index contributed by atoms with van der Waals surface area (Å²) in [6.07, 6.45) is 7.45. The number of aryl methyl sites for hydroxylation is 1. The van der Waals surface area contributed by atoms with Crippen LogP contribution in [0.1, 0.15) is 57.4 Å². The largest absolute Gasteiger partial charge is 0.325 e. The number of piperidine rings is 2. The molecule has 28 heavy (non-hydrogen) atoms. The molecule has 1 amide bonds. The first-order chi connectivity index (χ1) is 13.4. The van der Waals surface area contributed by atoms with Gasteiger partial charge < -0.3 is 5.32 Å². The van der Waals surface area contributed by atoms with E-state index in [-0.39, 0.29) is 5.91 Å². The normalized spacial score (nSPS) is 22.1. The van der Waals surface area contributed by atoms with Crippen molar-refractivity contribution in [2.75, 3.05) is 31.5 Å². The molecular formula is C21H33N3O3S. The molecule has 1 aromatic rings. The van der Waals surface area contributed by atoms with Crippen LogP contribution in [0.5, 0.6) is 0 Å². The molecule has 2 aliphatic heterocycles. The highest BCUT2D eigenvalue weighted by Crippen LogP contribution is 2.26. The first-order valence-electron chi connectivity index (χ1n) is 10.6. The standard InChI is InChI=1S/C21H33N3O3S/c1-3-19-9-5-8-12-23(19)16-21(25)22-18-11-10-17(2)20(15-18)28(26,27)24-13-6-4-7-14-24/h10-11,15,19H,3-9,12-14,16H2,1-2H3,(H,22,25). The zero-order chi connectivity index (χ0) is 20.1. The second-order valence-corrected chi connectivity index (χ2v) is 9.93. The summed E-state index contributed by atoms with van der Waals surface area (Å²) < 4.78 is 27.7. The van der Waals surface area contributed by atoms with Gasteiger partial charge in [0.15, 0.2) is 0 Å². The molecule has 2 fully saturated rings. The molecule has 2 saturated heterocycles. The van der Waals surface area contributed by atoms with Gasteiger partial charge >= 0.3 is 0 Å². The number of nitrogens with one attached hydrogen (secondary N) is 1. The Hall–Kier alpha value is -1.44. The van der Waals surface area contributed by atoms with Crippen molar-refractivity contribution in [3.63, 3.8) is 0 Å². The van der Waals surface area contributed by atoms with E-state index in [9.17, 15) is 13.2 Å². The van der Waals surface area contributed by atoms with Crippen molar-refractivity contribution in [1.82, 2.24) is 9.21 Å². The van der Waals surface area contributed by atoms with Crippen molar-refractivity contribution in [1.29, 1.82) is 0 Å². The van der Waals surface area contributed by atoms with Crippen LogP contribution in [0.2, 0.25) is 0 Å². The van der Waals surface area contributed by atoms with Crippen LogP contribution in [-0.4, -0.2) is 55.8 Å². The number of anilines is 1. The zero-order valence-corrected chi connectivity index (χ0v) is 17.9. The lowest BCUT2D eigenvalue weighted by Gasteiger charge is -2.34. The smallest absolute Gasteiger partial charge is 0.243 e. The van der Waals surface area contributed by atoms with E-state index in [2.05, 4.69) is 17.1 Å². The minimum atomic E-state index is -3.52. The van der Waals surface area contributed by atoms with Crippen LogP contribution >= 0.6 is 0 Å². The van der Waals surface area contributed by atoms with E-state index >= 15 is 0 Å². The second kappa shape index (κ2) is 9.37. The lowest BCUT2D eigenvalue weighted by molar-refractivity contribution is -0.118. The Bertz CT molecular complexity index is 788. The maximum absolute atomic E-state index is 13.0. The van der Waals surface area contributed by atoms with Gasteiger partial charge in [-0.3, -0.25) is 9.69 Å². The lowest BCUT2D eigenvalue weighted by Crippen LogP contribution is -2.43. The number of carbonyl (C=O) groups is 1. The van der Waals surface area contributed by atoms with Gasteiger partial charge in [-0.25, -0.2) is 8.42 Å². The highest BCUT2D eigenvalue weighted by Gasteiger charge is 2.28. The number of hydrogen-bond acceptors (Lipinski definition) is 4. The third-order valence-corrected chi connectivity index (χ3v) is 8.01. The molecule has 7 heteroatoms. The van der Waals surface area contributed by atoms with Crippen molar-refractivity contribution in [3.05, 3.63) is 23.8 Å². The van der Waals surface area contributed by atoms with Gasteiger partial charge in [-0.05, 0) is 63.3 Å². The third-order valence-electron chi connectivity index (χ3n) is 5.97. The number of carbonyl (C=O) groups excluding carboxylic acids is 1. The van der Waals surface area contributed by atoms with Crippen LogP contribution in [0.3, 0.4) is 0 Å². The monoisotopic (exact) mass is 407 g/mol. The van der Waals surface area contributed by atoms with Gasteiger partial charge in [0, 0.05) is 24.8 Å². The predicted octanol–water partition coefficient (Wildman–Crippen LogP) is 3.37. The minimum absolute atomic E-state index is 0.0782. The Balaban J connectivity index is 1.71. The Morgan fingerprint density at radius 2 is 1.82 bits per heavy atom. The number of rotatable bonds is 6. The van der Waals surface area contributed by atoms with Crippen molar-refractivity contribution in [2.45, 2.75) is 69.7 Å². The summed E-state index contributed by atoms with van der Waals surface area (Å²) in [4.78, 5) is 15.1. The van der Waals surface area contributed by atoms with Gasteiger partial charge in [-0.2, -0.15) is 4.31 Å². The molecule has 2 aliphatic rings. The summed E-state index contributed by atoms with van der Waals surface area (Å²) in [5.74, 6) is -0.0782. The number of likely N-dealkylation sites (tertiary alicyclic amines) is 1. The van der Waals surface area contributed by atoms with Gasteiger partial charge in [0.05, 0.1) is 11.4 Å². The van der Waals surface area contributed by atoms with Crippen LogP contribution < -0.4 is 5.32 Å². The molecule has 0 spiro atoms. The topological polar surface area (TPSA) is 69.7 Å². The van der Waals surface area contributed by atoms with Crippen LogP contribution in [0.15, 0.2) is 23.1 Å². The van der Waals surface area contributed by atoms with Gasteiger partial charge in [-0.15, -0.1) is 0 Å². The molecule has 1 unspecified atom stereocenters. The number of nitrogens with zero attached hydrogens (tertiary/aromatic N) is 2. The van der Waals surface area contributed by atoms with Crippen molar-refractivity contribution >= 4 is 21.6 Å². The average Bonchev–Trinajstić information content (AvgIpc) is 2.70. The summed E-state index contributed by atoms with van der Waals surface area (Å²) >= 11 is 0. The molecular weight excluding hydrogens is 374 g/mol. The third kappa shape index (κ3) is 4.93. The van der Waals surface area contributed by atoms with Crippen molar-refractivity contribution < 1.29 is 13.2 Å². The summed E-state index contributed by atoms with van der Waals surface area (Å²) in [7, 11) is -3.52. The second-order valence-electron chi connectivity index (χ2n) is 8.02. The maximum Gasteiger partial charge on any atom is 0.243 e. The van der Waals surface area contributed by atoms with Gasteiger partial charge in [0.2, 0.25) is 15.9 Å². The number of hydrogen-bond donors (Lipinski definition) is 1. The molecule has 0 radical (unpaired) electrons. The molecule has 6 nitrogen and oxygen atoms in total. The SMILES string of the molecule is CCC1CCCCN1CC(=O)Nc1ccc(C)c(S(=O)(=O)N2CCCCC2)c1. The van der Waals surface area contributed by atoms with Gasteiger partial charge in [0.1, 0.15) is 0 Å². The molecule has 2 heterocycles. The molecule has 3 rings (SSSR count). The van der Waals surface area contributed by atoms with Crippen LogP contribution in [0.25, 0.3) is 0 Å². The molecule has 1 N–H and O–H groups in total. The van der Waals surface area contributed by atoms with Crippen LogP contribution in [0.4, 0.5) is 5.69 Å². The summed E-state index contributed by atoms with van der Waals surface area (Å²) in [5.41, 5.74) is 1.27. The van der Waals surface area contributed by atoms with E-state index in [1.54, 1.807) is 22.5 Å². The Kier molecular flexibility index (Phi) is 7.12. The average molecular weight is 408 g/mol. The molecule has 0 saturated carbocycles. The number of benzene rings is 1. The van der Waals surface area contributed by atoms with Crippen LogP contribution in [0, 0.1) is 6.92 Å². The molecule has 0 aromatic heterocycles. The summed E-state index contributed by atoms with van der Waals surface area (Å²) in [6, 6.07) is 5.65. The van der Waals surface area contributed by atoms with Gasteiger partial charge in [-0.1, -0.05) is 25.8 Å². The highest BCUT2D eigenvalue weighted by molar-refractivity contribution is 7.89. The fourth-order valence-corrected chi connectivity index (χ4v) is 6.08. The first kappa shape index (κ1) is 21.3. The predicted molar refractivity (Wildman–Crippen MR) is 112 cm³/mol. The van der Waals surface area contributed by atoms with E-state index in [0.717, 1.165) is 45.1 Å². The van der Waals surface area contributed by atoms with E-state index in [0.29, 0.717) is 41.8 Å². The molecule has 1 atom stereocenters. The molecule has 0 bridgehead atoms. The maximum atomic E-state index is 13.0. The number of amides is 1. The minimum Gasteiger partial charge on any atom is -0.325 e. The van der Waals surface area contributed by atoms with Gasteiger partial charge in [0.25, 0.3) is 0 Å². The Morgan fingerprint density at radius 3 is 2.54 bits per heavy atom. The lowest BCUT2D eigenvalue weighted by atomic mass is 10.00. The van der Waals surface area contributed by atoms with E-state index in [1.807, 2.05) is 6.92 Å². The highest BCUT2D eigenvalue weighted by atomic mass is 32.2. The van der Waals surface area contributed by atoms with E-state index < -0.39 is 10.0 Å².